The Morgan fingerprint density at radius 3 is 2.75 bits per heavy atom. The molecule has 1 fully saturated rings. The maximum Gasteiger partial charge on any atom is 0.322 e. The molecule has 0 saturated carbocycles. The van der Waals surface area contributed by atoms with Crippen molar-refractivity contribution in [3.8, 4) is 0 Å². The summed E-state index contributed by atoms with van der Waals surface area (Å²) in [6, 6.07) is 7.26. The standard InChI is InChI=1S/C11H9BrN2O2/c12-8-5-11(9(15)13-10(16)14-11)7-4-2-1-3-6(7)8/h1-4,8H,5H2,(H2,13,14,15,16)/t8-,11-/m1/s1. The largest absolute Gasteiger partial charge is 0.322 e. The Kier molecular flexibility index (Phi) is 1.89. The van der Waals surface area contributed by atoms with Crippen molar-refractivity contribution in [2.75, 3.05) is 0 Å². The van der Waals surface area contributed by atoms with Gasteiger partial charge in [0.25, 0.3) is 5.91 Å². The third-order valence-corrected chi connectivity index (χ3v) is 4.00. The van der Waals surface area contributed by atoms with Gasteiger partial charge in [-0.05, 0) is 11.1 Å². The maximum atomic E-state index is 11.9. The fourth-order valence-corrected chi connectivity index (χ4v) is 3.36. The summed E-state index contributed by atoms with van der Waals surface area (Å²) in [6.07, 6.45) is 0.559. The number of fused-ring (bicyclic) bond motifs is 2. The van der Waals surface area contributed by atoms with Crippen molar-refractivity contribution in [2.45, 2.75) is 16.8 Å². The quantitative estimate of drug-likeness (QED) is 0.560. The number of hydrogen-bond acceptors (Lipinski definition) is 2. The number of imide groups is 1. The third-order valence-electron chi connectivity index (χ3n) is 3.19. The number of amides is 3. The molecule has 4 nitrogen and oxygen atoms in total. The Hall–Kier alpha value is -1.36. The first kappa shape index (κ1) is 9.84. The molecule has 0 aromatic heterocycles. The third kappa shape index (κ3) is 1.09. The van der Waals surface area contributed by atoms with Gasteiger partial charge in [0.2, 0.25) is 0 Å². The second-order valence-electron chi connectivity index (χ2n) is 4.07. The van der Waals surface area contributed by atoms with E-state index in [-0.39, 0.29) is 10.7 Å². The van der Waals surface area contributed by atoms with Crippen molar-refractivity contribution in [1.82, 2.24) is 10.6 Å². The fourth-order valence-electron chi connectivity index (χ4n) is 2.47. The number of halogens is 1. The summed E-state index contributed by atoms with van der Waals surface area (Å²) in [5.74, 6) is -0.257. The van der Waals surface area contributed by atoms with Crippen LogP contribution in [0, 0.1) is 0 Å². The zero-order chi connectivity index (χ0) is 11.3. The molecule has 1 aromatic carbocycles. The molecule has 0 bridgehead atoms. The summed E-state index contributed by atoms with van der Waals surface area (Å²) in [4.78, 5) is 23.3. The highest BCUT2D eigenvalue weighted by Gasteiger charge is 2.53. The van der Waals surface area contributed by atoms with Gasteiger partial charge in [0.15, 0.2) is 0 Å². The Balaban J connectivity index is 2.19. The van der Waals surface area contributed by atoms with E-state index in [1.807, 2.05) is 24.3 Å². The summed E-state index contributed by atoms with van der Waals surface area (Å²) in [5, 5.41) is 5.04. The number of carbonyl (C=O) groups is 2. The molecule has 3 rings (SSSR count). The average Bonchev–Trinajstić information content (AvgIpc) is 2.69. The molecule has 0 unspecified atom stereocenters. The SMILES string of the molecule is O=C1NC(=O)[C@]2(C[C@@H](Br)c3ccccc32)N1. The van der Waals surface area contributed by atoms with Crippen LogP contribution in [0.15, 0.2) is 24.3 Å². The van der Waals surface area contributed by atoms with E-state index in [0.717, 1.165) is 11.1 Å². The second kappa shape index (κ2) is 3.07. The van der Waals surface area contributed by atoms with E-state index in [0.29, 0.717) is 6.42 Å². The van der Waals surface area contributed by atoms with Gasteiger partial charge in [-0.3, -0.25) is 10.1 Å². The zero-order valence-electron chi connectivity index (χ0n) is 8.29. The summed E-state index contributed by atoms with van der Waals surface area (Å²) in [5.41, 5.74) is 1.09. The molecule has 1 spiro atoms. The first-order chi connectivity index (χ1) is 7.63. The molecule has 5 heteroatoms. The van der Waals surface area contributed by atoms with Crippen LogP contribution in [0.5, 0.6) is 0 Å². The molecule has 2 N–H and O–H groups in total. The molecule has 16 heavy (non-hydrogen) atoms. The molecule has 82 valence electrons. The van der Waals surface area contributed by atoms with Crippen LogP contribution in [0.1, 0.15) is 22.4 Å². The van der Waals surface area contributed by atoms with Gasteiger partial charge in [-0.15, -0.1) is 0 Å². The number of carbonyl (C=O) groups excluding carboxylic acids is 2. The van der Waals surface area contributed by atoms with E-state index in [1.165, 1.54) is 0 Å². The van der Waals surface area contributed by atoms with Crippen molar-refractivity contribution in [1.29, 1.82) is 0 Å². The van der Waals surface area contributed by atoms with Gasteiger partial charge in [0.1, 0.15) is 5.54 Å². The minimum Gasteiger partial charge on any atom is -0.319 e. The zero-order valence-corrected chi connectivity index (χ0v) is 9.87. The van der Waals surface area contributed by atoms with E-state index in [4.69, 9.17) is 0 Å². The molecular formula is C11H9BrN2O2. The number of nitrogens with one attached hydrogen (secondary N) is 2. The lowest BCUT2D eigenvalue weighted by Gasteiger charge is -2.20. The lowest BCUT2D eigenvalue weighted by Crippen LogP contribution is -2.41. The molecule has 1 saturated heterocycles. The van der Waals surface area contributed by atoms with Crippen LogP contribution < -0.4 is 10.6 Å². The second-order valence-corrected chi connectivity index (χ2v) is 5.18. The Morgan fingerprint density at radius 1 is 1.31 bits per heavy atom. The van der Waals surface area contributed by atoms with E-state index >= 15 is 0 Å². The Bertz CT molecular complexity index is 503. The predicted molar refractivity (Wildman–Crippen MR) is 61.1 cm³/mol. The molecule has 2 atom stereocenters. The first-order valence-electron chi connectivity index (χ1n) is 5.00. The number of alkyl halides is 1. The fraction of sp³-hybridized carbons (Fsp3) is 0.273. The monoisotopic (exact) mass is 280 g/mol. The number of rotatable bonds is 0. The number of hydrogen-bond donors (Lipinski definition) is 2. The van der Waals surface area contributed by atoms with Crippen molar-refractivity contribution >= 4 is 27.9 Å². The lowest BCUT2D eigenvalue weighted by atomic mass is 9.92. The van der Waals surface area contributed by atoms with Gasteiger partial charge in [-0.25, -0.2) is 4.79 Å². The molecule has 1 heterocycles. The Morgan fingerprint density at radius 2 is 2.06 bits per heavy atom. The van der Waals surface area contributed by atoms with Gasteiger partial charge in [-0.2, -0.15) is 0 Å². The lowest BCUT2D eigenvalue weighted by molar-refractivity contribution is -0.124. The highest BCUT2D eigenvalue weighted by atomic mass is 79.9. The average molecular weight is 281 g/mol. The van der Waals surface area contributed by atoms with E-state index < -0.39 is 11.6 Å². The van der Waals surface area contributed by atoms with Crippen molar-refractivity contribution in [3.63, 3.8) is 0 Å². The molecule has 1 aliphatic heterocycles. The van der Waals surface area contributed by atoms with Crippen LogP contribution in [0.4, 0.5) is 4.79 Å². The molecule has 1 aromatic rings. The van der Waals surface area contributed by atoms with Gasteiger partial charge in [-0.1, -0.05) is 40.2 Å². The summed E-state index contributed by atoms with van der Waals surface area (Å²) >= 11 is 3.54. The number of benzene rings is 1. The molecule has 2 aliphatic rings. The highest BCUT2D eigenvalue weighted by molar-refractivity contribution is 9.09. The van der Waals surface area contributed by atoms with E-state index in [2.05, 4.69) is 26.6 Å². The topological polar surface area (TPSA) is 58.2 Å². The van der Waals surface area contributed by atoms with Gasteiger partial charge in [0, 0.05) is 11.2 Å². The highest BCUT2D eigenvalue weighted by Crippen LogP contribution is 2.48. The van der Waals surface area contributed by atoms with Crippen molar-refractivity contribution < 1.29 is 9.59 Å². The number of urea groups is 1. The van der Waals surface area contributed by atoms with E-state index in [1.54, 1.807) is 0 Å². The Labute approximate surface area is 101 Å². The van der Waals surface area contributed by atoms with Crippen LogP contribution >= 0.6 is 15.9 Å². The van der Waals surface area contributed by atoms with Gasteiger partial charge >= 0.3 is 6.03 Å². The minimum absolute atomic E-state index is 0.104. The van der Waals surface area contributed by atoms with Gasteiger partial charge in [0.05, 0.1) is 0 Å². The van der Waals surface area contributed by atoms with Crippen LogP contribution in [0.3, 0.4) is 0 Å². The minimum atomic E-state index is -0.873. The molecule has 3 amide bonds. The van der Waals surface area contributed by atoms with Gasteiger partial charge < -0.3 is 5.32 Å². The van der Waals surface area contributed by atoms with Crippen molar-refractivity contribution in [3.05, 3.63) is 35.4 Å². The van der Waals surface area contributed by atoms with Crippen LogP contribution in [0.25, 0.3) is 0 Å². The smallest absolute Gasteiger partial charge is 0.319 e. The van der Waals surface area contributed by atoms with Crippen molar-refractivity contribution in [2.24, 2.45) is 0 Å². The van der Waals surface area contributed by atoms with E-state index in [9.17, 15) is 9.59 Å². The normalized spacial score (nSPS) is 31.4. The first-order valence-corrected chi connectivity index (χ1v) is 5.92. The summed E-state index contributed by atoms with van der Waals surface area (Å²) < 4.78 is 0. The van der Waals surface area contributed by atoms with Crippen LogP contribution in [-0.4, -0.2) is 11.9 Å². The molecule has 1 aliphatic carbocycles. The summed E-state index contributed by atoms with van der Waals surface area (Å²) in [7, 11) is 0. The van der Waals surface area contributed by atoms with Crippen LogP contribution in [-0.2, 0) is 10.3 Å². The maximum absolute atomic E-state index is 11.9. The summed E-state index contributed by atoms with van der Waals surface area (Å²) in [6.45, 7) is 0. The molecule has 0 radical (unpaired) electrons. The molecular weight excluding hydrogens is 272 g/mol. The van der Waals surface area contributed by atoms with Crippen LogP contribution in [0.2, 0.25) is 0 Å². The predicted octanol–water partition coefficient (Wildman–Crippen LogP) is 1.56.